The summed E-state index contributed by atoms with van der Waals surface area (Å²) in [6.07, 6.45) is 1.19. The van der Waals surface area contributed by atoms with Crippen LogP contribution in [0.4, 0.5) is 4.39 Å². The van der Waals surface area contributed by atoms with Crippen LogP contribution >= 0.6 is 26.6 Å². The summed E-state index contributed by atoms with van der Waals surface area (Å²) in [5, 5.41) is 0. The second-order valence-electron chi connectivity index (χ2n) is 3.21. The molecule has 0 aromatic heterocycles. The molecular formula is C10H9BrClFO3S. The fourth-order valence-electron chi connectivity index (χ4n) is 1.04. The molecule has 0 amide bonds. The van der Waals surface area contributed by atoms with Crippen molar-refractivity contribution in [2.75, 3.05) is 0 Å². The Balaban J connectivity index is 3.23. The minimum atomic E-state index is -4.12. The van der Waals surface area contributed by atoms with E-state index < -0.39 is 19.8 Å². The van der Waals surface area contributed by atoms with E-state index >= 15 is 0 Å². The molecule has 0 fully saturated rings. The van der Waals surface area contributed by atoms with Crippen LogP contribution < -0.4 is 4.74 Å². The van der Waals surface area contributed by atoms with Crippen molar-refractivity contribution in [3.05, 3.63) is 35.1 Å². The number of ether oxygens (including phenoxy) is 1. The van der Waals surface area contributed by atoms with Gasteiger partial charge in [-0.05, 0) is 28.9 Å². The van der Waals surface area contributed by atoms with Gasteiger partial charge in [0.25, 0.3) is 9.05 Å². The predicted molar refractivity (Wildman–Crippen MR) is 67.4 cm³/mol. The summed E-state index contributed by atoms with van der Waals surface area (Å²) in [7, 11) is 0.960. The van der Waals surface area contributed by atoms with Crippen molar-refractivity contribution < 1.29 is 17.5 Å². The Morgan fingerprint density at radius 1 is 1.59 bits per heavy atom. The SMILES string of the molecule is C=CC(C)Oc1cc(F)c(S(=O)(=O)Cl)cc1Br. The third-order valence-corrected chi connectivity index (χ3v) is 3.85. The first-order chi connectivity index (χ1) is 7.75. The van der Waals surface area contributed by atoms with Crippen molar-refractivity contribution in [1.82, 2.24) is 0 Å². The van der Waals surface area contributed by atoms with Crippen molar-refractivity contribution in [3.63, 3.8) is 0 Å². The fraction of sp³-hybridized carbons (Fsp3) is 0.200. The van der Waals surface area contributed by atoms with Gasteiger partial charge < -0.3 is 4.74 Å². The minimum absolute atomic E-state index is 0.180. The third-order valence-electron chi connectivity index (χ3n) is 1.89. The summed E-state index contributed by atoms with van der Waals surface area (Å²) in [6, 6.07) is 2.02. The first-order valence-corrected chi connectivity index (χ1v) is 7.59. The van der Waals surface area contributed by atoms with Gasteiger partial charge in [-0.1, -0.05) is 12.7 Å². The van der Waals surface area contributed by atoms with Gasteiger partial charge in [0.2, 0.25) is 0 Å². The van der Waals surface area contributed by atoms with Crippen LogP contribution in [0.3, 0.4) is 0 Å². The van der Waals surface area contributed by atoms with Crippen LogP contribution in [0.2, 0.25) is 0 Å². The standard InChI is InChI=1S/C10H9BrClFO3S/c1-3-6(2)16-9-5-8(13)10(4-7(9)11)17(12,14)15/h3-6H,1H2,2H3. The number of halogens is 3. The van der Waals surface area contributed by atoms with Crippen LogP contribution in [0.1, 0.15) is 6.92 Å². The van der Waals surface area contributed by atoms with E-state index in [9.17, 15) is 12.8 Å². The highest BCUT2D eigenvalue weighted by Gasteiger charge is 2.19. The number of hydrogen-bond acceptors (Lipinski definition) is 3. The Morgan fingerprint density at radius 2 is 2.18 bits per heavy atom. The van der Waals surface area contributed by atoms with E-state index in [-0.39, 0.29) is 11.9 Å². The van der Waals surface area contributed by atoms with Gasteiger partial charge in [0.05, 0.1) is 4.47 Å². The average molecular weight is 344 g/mol. The number of rotatable bonds is 4. The molecule has 17 heavy (non-hydrogen) atoms. The molecule has 1 unspecified atom stereocenters. The van der Waals surface area contributed by atoms with Crippen LogP contribution in [0.25, 0.3) is 0 Å². The lowest BCUT2D eigenvalue weighted by Crippen LogP contribution is -2.08. The van der Waals surface area contributed by atoms with Gasteiger partial charge in [-0.3, -0.25) is 0 Å². The molecule has 0 saturated heterocycles. The summed E-state index contributed by atoms with van der Waals surface area (Å²) in [5.41, 5.74) is 0. The monoisotopic (exact) mass is 342 g/mol. The highest BCUT2D eigenvalue weighted by atomic mass is 79.9. The van der Waals surface area contributed by atoms with Crippen LogP contribution in [-0.4, -0.2) is 14.5 Å². The maximum Gasteiger partial charge on any atom is 0.264 e. The fourth-order valence-corrected chi connectivity index (χ4v) is 2.53. The largest absolute Gasteiger partial charge is 0.485 e. The molecule has 0 N–H and O–H groups in total. The quantitative estimate of drug-likeness (QED) is 0.621. The predicted octanol–water partition coefficient (Wildman–Crippen LogP) is 3.47. The molecular weight excluding hydrogens is 335 g/mol. The second-order valence-corrected chi connectivity index (χ2v) is 6.60. The molecule has 0 radical (unpaired) electrons. The van der Waals surface area contributed by atoms with Gasteiger partial charge in [0.15, 0.2) is 0 Å². The molecule has 7 heteroatoms. The van der Waals surface area contributed by atoms with Crippen LogP contribution in [0.5, 0.6) is 5.75 Å². The summed E-state index contributed by atoms with van der Waals surface area (Å²) >= 11 is 3.08. The molecule has 0 bridgehead atoms. The van der Waals surface area contributed by atoms with Crippen LogP contribution in [0, 0.1) is 5.82 Å². The van der Waals surface area contributed by atoms with Gasteiger partial charge in [-0.2, -0.15) is 0 Å². The van der Waals surface area contributed by atoms with E-state index in [0.29, 0.717) is 4.47 Å². The van der Waals surface area contributed by atoms with E-state index in [4.69, 9.17) is 15.4 Å². The molecule has 1 rings (SSSR count). The van der Waals surface area contributed by atoms with Gasteiger partial charge in [0.1, 0.15) is 22.6 Å². The molecule has 0 aliphatic heterocycles. The number of benzene rings is 1. The Kier molecular flexibility index (Phi) is 4.57. The van der Waals surface area contributed by atoms with Crippen molar-refractivity contribution in [2.45, 2.75) is 17.9 Å². The molecule has 0 aliphatic carbocycles. The Labute approximate surface area is 112 Å². The summed E-state index contributed by atoms with van der Waals surface area (Å²) in [4.78, 5) is -0.593. The molecule has 0 saturated carbocycles. The van der Waals surface area contributed by atoms with Gasteiger partial charge in [-0.25, -0.2) is 12.8 Å². The maximum absolute atomic E-state index is 13.5. The van der Waals surface area contributed by atoms with E-state index in [1.54, 1.807) is 6.92 Å². The summed E-state index contributed by atoms with van der Waals surface area (Å²) in [6.45, 7) is 5.23. The first-order valence-electron chi connectivity index (χ1n) is 4.48. The van der Waals surface area contributed by atoms with Gasteiger partial charge in [0, 0.05) is 16.7 Å². The lowest BCUT2D eigenvalue weighted by Gasteiger charge is -2.13. The lowest BCUT2D eigenvalue weighted by atomic mass is 10.3. The average Bonchev–Trinajstić information content (AvgIpc) is 2.21. The maximum atomic E-state index is 13.5. The first kappa shape index (κ1) is 14.5. The van der Waals surface area contributed by atoms with Crippen LogP contribution in [0.15, 0.2) is 34.2 Å². The molecule has 1 aromatic rings. The molecule has 1 atom stereocenters. The van der Waals surface area contributed by atoms with Crippen molar-refractivity contribution in [3.8, 4) is 5.75 Å². The van der Waals surface area contributed by atoms with Gasteiger partial charge in [-0.15, -0.1) is 0 Å². The molecule has 0 aliphatic rings. The molecule has 94 valence electrons. The molecule has 0 heterocycles. The van der Waals surface area contributed by atoms with E-state index in [1.165, 1.54) is 6.08 Å². The zero-order valence-electron chi connectivity index (χ0n) is 8.78. The van der Waals surface area contributed by atoms with Crippen molar-refractivity contribution in [1.29, 1.82) is 0 Å². The zero-order chi connectivity index (χ0) is 13.2. The van der Waals surface area contributed by atoms with Crippen molar-refractivity contribution in [2.24, 2.45) is 0 Å². The molecule has 1 aromatic carbocycles. The highest BCUT2D eigenvalue weighted by molar-refractivity contribution is 9.10. The van der Waals surface area contributed by atoms with Crippen molar-refractivity contribution >= 4 is 35.7 Å². The topological polar surface area (TPSA) is 43.4 Å². The van der Waals surface area contributed by atoms with E-state index in [1.807, 2.05) is 0 Å². The molecule has 3 nitrogen and oxygen atoms in total. The summed E-state index contributed by atoms with van der Waals surface area (Å²) in [5.74, 6) is -0.784. The van der Waals surface area contributed by atoms with Gasteiger partial charge >= 0.3 is 0 Å². The molecule has 0 spiro atoms. The van der Waals surface area contributed by atoms with Crippen LogP contribution in [-0.2, 0) is 9.05 Å². The highest BCUT2D eigenvalue weighted by Crippen LogP contribution is 2.32. The minimum Gasteiger partial charge on any atom is -0.485 e. The third kappa shape index (κ3) is 3.69. The Bertz CT molecular complexity index is 545. The second kappa shape index (κ2) is 5.37. The summed E-state index contributed by atoms with van der Waals surface area (Å²) < 4.78 is 41.2. The Hall–Kier alpha value is -0.590. The number of hydrogen-bond donors (Lipinski definition) is 0. The smallest absolute Gasteiger partial charge is 0.264 e. The zero-order valence-corrected chi connectivity index (χ0v) is 11.9. The lowest BCUT2D eigenvalue weighted by molar-refractivity contribution is 0.267. The van der Waals surface area contributed by atoms with E-state index in [0.717, 1.165) is 12.1 Å². The Morgan fingerprint density at radius 3 is 2.65 bits per heavy atom. The van der Waals surface area contributed by atoms with E-state index in [2.05, 4.69) is 22.5 Å². The normalized spacial score (nSPS) is 13.2.